The van der Waals surface area contributed by atoms with E-state index >= 15 is 0 Å². The first-order valence-corrected chi connectivity index (χ1v) is 5.94. The summed E-state index contributed by atoms with van der Waals surface area (Å²) in [7, 11) is 0. The van der Waals surface area contributed by atoms with E-state index in [1.165, 1.54) is 0 Å². The monoisotopic (exact) mass is 286 g/mol. The van der Waals surface area contributed by atoms with Crippen LogP contribution in [0.15, 0.2) is 24.3 Å². The molecule has 1 amide bonds. The number of ether oxygens (including phenoxy) is 1. The van der Waals surface area contributed by atoms with Gasteiger partial charge in [-0.3, -0.25) is 4.79 Å². The van der Waals surface area contributed by atoms with E-state index in [9.17, 15) is 9.59 Å². The molecule has 3 N–H and O–H groups in total. The fourth-order valence-corrected chi connectivity index (χ4v) is 1.42. The fourth-order valence-electron chi connectivity index (χ4n) is 1.42. The number of amides is 1. The lowest BCUT2D eigenvalue weighted by Crippen LogP contribution is -2.14. The summed E-state index contributed by atoms with van der Waals surface area (Å²) in [6.45, 7) is 2.55. The molecule has 6 heteroatoms. The predicted molar refractivity (Wildman–Crippen MR) is 76.6 cm³/mol. The highest BCUT2D eigenvalue weighted by Gasteiger charge is 2.08. The zero-order chi connectivity index (χ0) is 13.4. The molecule has 0 radical (unpaired) electrons. The number of hydrogen-bond acceptors (Lipinski definition) is 4. The summed E-state index contributed by atoms with van der Waals surface area (Å²) in [5.41, 5.74) is 6.34. The van der Waals surface area contributed by atoms with Crippen LogP contribution in [0.5, 0.6) is 0 Å². The summed E-state index contributed by atoms with van der Waals surface area (Å²) in [5, 5.41) is 2.71. The second kappa shape index (κ2) is 9.35. The first kappa shape index (κ1) is 17.4. The van der Waals surface area contributed by atoms with Gasteiger partial charge < -0.3 is 15.8 Å². The average Bonchev–Trinajstić information content (AvgIpc) is 2.37. The van der Waals surface area contributed by atoms with E-state index in [4.69, 9.17) is 10.5 Å². The second-order valence-corrected chi connectivity index (χ2v) is 3.74. The van der Waals surface area contributed by atoms with Crippen molar-refractivity contribution >= 4 is 30.0 Å². The third-order valence-corrected chi connectivity index (χ3v) is 2.27. The van der Waals surface area contributed by atoms with E-state index in [1.807, 2.05) is 0 Å². The van der Waals surface area contributed by atoms with Crippen molar-refractivity contribution in [3.05, 3.63) is 29.8 Å². The van der Waals surface area contributed by atoms with Crippen LogP contribution in [0.25, 0.3) is 0 Å². The van der Waals surface area contributed by atoms with Gasteiger partial charge in [-0.2, -0.15) is 0 Å². The third-order valence-electron chi connectivity index (χ3n) is 2.27. The molecule has 0 saturated carbocycles. The molecule has 19 heavy (non-hydrogen) atoms. The van der Waals surface area contributed by atoms with Gasteiger partial charge in [0.15, 0.2) is 0 Å². The van der Waals surface area contributed by atoms with Crippen LogP contribution in [0.3, 0.4) is 0 Å². The minimum absolute atomic E-state index is 0. The van der Waals surface area contributed by atoms with Gasteiger partial charge in [0, 0.05) is 12.1 Å². The summed E-state index contributed by atoms with van der Waals surface area (Å²) < 4.78 is 4.88. The summed E-state index contributed by atoms with van der Waals surface area (Å²) in [5.74, 6) is -0.503. The molecule has 0 atom stereocenters. The van der Waals surface area contributed by atoms with Crippen LogP contribution in [0.1, 0.15) is 30.1 Å². The van der Waals surface area contributed by atoms with Crippen LogP contribution in [0.4, 0.5) is 5.69 Å². The molecule has 0 heterocycles. The van der Waals surface area contributed by atoms with Gasteiger partial charge in [0.05, 0.1) is 12.2 Å². The summed E-state index contributed by atoms with van der Waals surface area (Å²) in [6, 6.07) is 6.67. The summed E-state index contributed by atoms with van der Waals surface area (Å²) in [6.07, 6.45) is 1.02. The molecule has 1 aromatic rings. The Bertz CT molecular complexity index is 424. The van der Waals surface area contributed by atoms with Crippen molar-refractivity contribution in [2.45, 2.75) is 19.8 Å². The van der Waals surface area contributed by atoms with Gasteiger partial charge in [-0.1, -0.05) is 6.07 Å². The lowest BCUT2D eigenvalue weighted by Gasteiger charge is -2.07. The second-order valence-electron chi connectivity index (χ2n) is 3.74. The maximum absolute atomic E-state index is 11.5. The maximum atomic E-state index is 11.5. The molecular formula is C13H19ClN2O3. The minimum atomic E-state index is -0.393. The number of esters is 1. The molecule has 0 unspecified atom stereocenters. The van der Waals surface area contributed by atoms with Gasteiger partial charge in [-0.15, -0.1) is 12.4 Å². The number of rotatable bonds is 6. The molecule has 0 saturated heterocycles. The number of anilines is 1. The first-order chi connectivity index (χ1) is 8.67. The number of carbonyl (C=O) groups is 2. The molecule has 1 aromatic carbocycles. The Kier molecular flexibility index (Phi) is 8.57. The third kappa shape index (κ3) is 6.22. The number of nitrogens with two attached hydrogens (primary N) is 1. The highest BCUT2D eigenvalue weighted by Crippen LogP contribution is 2.12. The minimum Gasteiger partial charge on any atom is -0.462 e. The summed E-state index contributed by atoms with van der Waals surface area (Å²) in [4.78, 5) is 23.0. The Morgan fingerprint density at radius 1 is 1.37 bits per heavy atom. The molecular weight excluding hydrogens is 268 g/mol. The topological polar surface area (TPSA) is 81.4 Å². The number of benzene rings is 1. The molecule has 1 rings (SSSR count). The van der Waals surface area contributed by atoms with E-state index in [2.05, 4.69) is 5.32 Å². The number of carbonyl (C=O) groups excluding carboxylic acids is 2. The SMILES string of the molecule is CCOC(=O)c1cccc(NC(=O)CCCN)c1.Cl. The molecule has 5 nitrogen and oxygen atoms in total. The van der Waals surface area contributed by atoms with Crippen LogP contribution in [-0.2, 0) is 9.53 Å². The van der Waals surface area contributed by atoms with Gasteiger partial charge in [0.1, 0.15) is 0 Å². The van der Waals surface area contributed by atoms with Gasteiger partial charge in [-0.25, -0.2) is 4.79 Å². The Morgan fingerprint density at radius 3 is 2.74 bits per heavy atom. The van der Waals surface area contributed by atoms with E-state index in [0.29, 0.717) is 37.2 Å². The molecule has 106 valence electrons. The molecule has 0 aliphatic heterocycles. The van der Waals surface area contributed by atoms with E-state index in [1.54, 1.807) is 31.2 Å². The maximum Gasteiger partial charge on any atom is 0.338 e. The van der Waals surface area contributed by atoms with Crippen LogP contribution >= 0.6 is 12.4 Å². The molecule has 0 spiro atoms. The van der Waals surface area contributed by atoms with Crippen molar-refractivity contribution in [3.8, 4) is 0 Å². The fraction of sp³-hybridized carbons (Fsp3) is 0.385. The van der Waals surface area contributed by atoms with Crippen molar-refractivity contribution in [2.24, 2.45) is 5.73 Å². The quantitative estimate of drug-likeness (QED) is 0.783. The zero-order valence-corrected chi connectivity index (χ0v) is 11.7. The smallest absolute Gasteiger partial charge is 0.338 e. The average molecular weight is 287 g/mol. The summed E-state index contributed by atoms with van der Waals surface area (Å²) >= 11 is 0. The zero-order valence-electron chi connectivity index (χ0n) is 10.8. The van der Waals surface area contributed by atoms with Crippen molar-refractivity contribution in [1.29, 1.82) is 0 Å². The largest absolute Gasteiger partial charge is 0.462 e. The van der Waals surface area contributed by atoms with Crippen LogP contribution < -0.4 is 11.1 Å². The van der Waals surface area contributed by atoms with Crippen LogP contribution in [0.2, 0.25) is 0 Å². The van der Waals surface area contributed by atoms with E-state index in [0.717, 1.165) is 0 Å². The Labute approximate surface area is 118 Å². The Morgan fingerprint density at radius 2 is 2.11 bits per heavy atom. The molecule has 0 aromatic heterocycles. The molecule has 0 aliphatic rings. The van der Waals surface area contributed by atoms with Crippen molar-refractivity contribution in [2.75, 3.05) is 18.5 Å². The predicted octanol–water partition coefficient (Wildman–Crippen LogP) is 1.96. The standard InChI is InChI=1S/C13H18N2O3.ClH/c1-2-18-13(17)10-5-3-6-11(9-10)15-12(16)7-4-8-14;/h3,5-6,9H,2,4,7-8,14H2,1H3,(H,15,16);1H. The number of nitrogens with one attached hydrogen (secondary N) is 1. The lowest BCUT2D eigenvalue weighted by atomic mass is 10.2. The van der Waals surface area contributed by atoms with Crippen LogP contribution in [-0.4, -0.2) is 25.0 Å². The highest BCUT2D eigenvalue weighted by atomic mass is 35.5. The Balaban J connectivity index is 0.00000324. The molecule has 0 aliphatic carbocycles. The van der Waals surface area contributed by atoms with Crippen molar-refractivity contribution in [1.82, 2.24) is 0 Å². The van der Waals surface area contributed by atoms with Gasteiger partial charge in [0.25, 0.3) is 0 Å². The molecule has 0 bridgehead atoms. The van der Waals surface area contributed by atoms with Crippen LogP contribution in [0, 0.1) is 0 Å². The van der Waals surface area contributed by atoms with Crippen molar-refractivity contribution < 1.29 is 14.3 Å². The lowest BCUT2D eigenvalue weighted by molar-refractivity contribution is -0.116. The Hall–Kier alpha value is -1.59. The van der Waals surface area contributed by atoms with E-state index < -0.39 is 5.97 Å². The highest BCUT2D eigenvalue weighted by molar-refractivity contribution is 5.94. The number of hydrogen-bond donors (Lipinski definition) is 2. The first-order valence-electron chi connectivity index (χ1n) is 5.94. The number of halogens is 1. The van der Waals surface area contributed by atoms with Gasteiger partial charge >= 0.3 is 5.97 Å². The van der Waals surface area contributed by atoms with Gasteiger partial charge in [0.2, 0.25) is 5.91 Å². The van der Waals surface area contributed by atoms with Gasteiger partial charge in [-0.05, 0) is 38.1 Å². The normalized spacial score (nSPS) is 9.37. The van der Waals surface area contributed by atoms with Crippen molar-refractivity contribution in [3.63, 3.8) is 0 Å². The van der Waals surface area contributed by atoms with E-state index in [-0.39, 0.29) is 18.3 Å². The molecule has 0 fully saturated rings.